The first-order valence-corrected chi connectivity index (χ1v) is 8.42. The van der Waals surface area contributed by atoms with Gasteiger partial charge in [0.05, 0.1) is 6.61 Å². The molecule has 1 aromatic heterocycles. The maximum absolute atomic E-state index is 14.5. The number of carbonyl (C=O) groups is 1. The van der Waals surface area contributed by atoms with E-state index in [2.05, 4.69) is 0 Å². The van der Waals surface area contributed by atoms with Crippen LogP contribution < -0.4 is 0 Å². The van der Waals surface area contributed by atoms with Crippen molar-refractivity contribution in [1.29, 1.82) is 0 Å². The quantitative estimate of drug-likeness (QED) is 0.585. The second-order valence-electron chi connectivity index (χ2n) is 4.23. The highest BCUT2D eigenvalue weighted by molar-refractivity contribution is 7.49. The molecular weight excluding hydrogens is 332 g/mol. The van der Waals surface area contributed by atoms with Gasteiger partial charge < -0.3 is 14.1 Å². The van der Waals surface area contributed by atoms with E-state index in [4.69, 9.17) is 14.1 Å². The van der Waals surface area contributed by atoms with E-state index in [-0.39, 0.29) is 17.0 Å². The Morgan fingerprint density at radius 2 is 2.18 bits per heavy atom. The van der Waals surface area contributed by atoms with Crippen molar-refractivity contribution in [2.75, 3.05) is 6.61 Å². The van der Waals surface area contributed by atoms with Gasteiger partial charge in [-0.3, -0.25) is 0 Å². The van der Waals surface area contributed by atoms with Crippen LogP contribution in [0, 0.1) is 0 Å². The summed E-state index contributed by atoms with van der Waals surface area (Å²) < 4.78 is 39.7. The van der Waals surface area contributed by atoms with Crippen molar-refractivity contribution in [3.8, 4) is 0 Å². The zero-order chi connectivity index (χ0) is 16.3. The fourth-order valence-electron chi connectivity index (χ4n) is 1.83. The van der Waals surface area contributed by atoms with Gasteiger partial charge >= 0.3 is 11.6 Å². The van der Waals surface area contributed by atoms with E-state index in [0.717, 1.165) is 11.3 Å². The summed E-state index contributed by atoms with van der Waals surface area (Å²) in [6, 6.07) is 5.44. The largest absolute Gasteiger partial charge is 0.477 e. The Morgan fingerprint density at radius 3 is 2.77 bits per heavy atom. The molecule has 9 heteroatoms. The van der Waals surface area contributed by atoms with Crippen LogP contribution in [0.4, 0.5) is 8.78 Å². The number of aromatic carboxylic acids is 1. The third-order valence-electron chi connectivity index (χ3n) is 2.75. The molecular formula is C13H13BF2O4PS. The first-order valence-electron chi connectivity index (χ1n) is 6.43. The molecule has 0 aliphatic rings. The summed E-state index contributed by atoms with van der Waals surface area (Å²) in [7, 11) is -1.26. The van der Waals surface area contributed by atoms with Gasteiger partial charge in [0.25, 0.3) is 7.48 Å². The molecule has 1 radical (unpaired) electrons. The van der Waals surface area contributed by atoms with Crippen LogP contribution in [-0.4, -0.2) is 25.2 Å². The van der Waals surface area contributed by atoms with E-state index in [0.29, 0.717) is 10.1 Å². The van der Waals surface area contributed by atoms with E-state index in [9.17, 15) is 13.6 Å². The summed E-state index contributed by atoms with van der Waals surface area (Å²) in [6.45, 7) is 3.23. The standard InChI is InChI=1S/C13H13BF2O4PS/c1-3-19-21(20-14-2)13(15,16)9-4-5-10-8(6-9)7-11(22-10)12(17)18/h4-7H,3H2,1-2H3,(H,17,18). The Balaban J connectivity index is 2.40. The van der Waals surface area contributed by atoms with Crippen LogP contribution in [0.25, 0.3) is 10.1 Å². The Hall–Kier alpha value is -1.08. The van der Waals surface area contributed by atoms with E-state index < -0.39 is 20.0 Å². The highest BCUT2D eigenvalue weighted by Gasteiger charge is 2.44. The summed E-state index contributed by atoms with van der Waals surface area (Å²) >= 11 is 1.05. The lowest BCUT2D eigenvalue weighted by molar-refractivity contribution is 0.0679. The summed E-state index contributed by atoms with van der Waals surface area (Å²) in [6.07, 6.45) is 0. The minimum Gasteiger partial charge on any atom is -0.477 e. The molecule has 0 amide bonds. The molecule has 0 saturated heterocycles. The van der Waals surface area contributed by atoms with Crippen molar-refractivity contribution in [3.05, 3.63) is 34.7 Å². The summed E-state index contributed by atoms with van der Waals surface area (Å²) in [5, 5.41) is 9.43. The number of carboxylic acids is 1. The first-order chi connectivity index (χ1) is 10.4. The van der Waals surface area contributed by atoms with Crippen molar-refractivity contribution in [2.45, 2.75) is 19.4 Å². The lowest BCUT2D eigenvalue weighted by Crippen LogP contribution is -2.15. The molecule has 0 saturated carbocycles. The van der Waals surface area contributed by atoms with Crippen molar-refractivity contribution in [2.24, 2.45) is 0 Å². The third kappa shape index (κ3) is 3.46. The van der Waals surface area contributed by atoms with Crippen molar-refractivity contribution in [3.63, 3.8) is 0 Å². The zero-order valence-corrected chi connectivity index (χ0v) is 13.6. The highest BCUT2D eigenvalue weighted by atomic mass is 32.1. The second kappa shape index (κ2) is 7.00. The zero-order valence-electron chi connectivity index (χ0n) is 11.9. The minimum absolute atomic E-state index is 0.110. The molecule has 1 atom stereocenters. The van der Waals surface area contributed by atoms with Gasteiger partial charge in [-0.15, -0.1) is 11.3 Å². The lowest BCUT2D eigenvalue weighted by Gasteiger charge is -2.25. The predicted octanol–water partition coefficient (Wildman–Crippen LogP) is 4.68. The summed E-state index contributed by atoms with van der Waals surface area (Å²) in [5.41, 5.74) is -3.55. The topological polar surface area (TPSA) is 55.8 Å². The molecule has 4 nitrogen and oxygen atoms in total. The molecule has 0 spiro atoms. The molecule has 117 valence electrons. The molecule has 0 aliphatic heterocycles. The van der Waals surface area contributed by atoms with Crippen LogP contribution >= 0.6 is 19.7 Å². The number of halogens is 2. The van der Waals surface area contributed by atoms with E-state index >= 15 is 0 Å². The van der Waals surface area contributed by atoms with Crippen LogP contribution in [0.3, 0.4) is 0 Å². The van der Waals surface area contributed by atoms with Gasteiger partial charge in [0, 0.05) is 10.3 Å². The lowest BCUT2D eigenvalue weighted by atomic mass is 10.1. The third-order valence-corrected chi connectivity index (χ3v) is 5.47. The first kappa shape index (κ1) is 17.3. The van der Waals surface area contributed by atoms with E-state index in [1.807, 2.05) is 0 Å². The van der Waals surface area contributed by atoms with E-state index in [1.54, 1.807) is 6.92 Å². The van der Waals surface area contributed by atoms with Crippen molar-refractivity contribution in [1.82, 2.24) is 0 Å². The number of hydrogen-bond acceptors (Lipinski definition) is 4. The fourth-order valence-corrected chi connectivity index (χ4v) is 3.85. The monoisotopic (exact) mass is 345 g/mol. The van der Waals surface area contributed by atoms with Gasteiger partial charge in [-0.05, 0) is 30.5 Å². The number of rotatable bonds is 7. The number of carboxylic acid groups (broad SMARTS) is 1. The second-order valence-corrected chi connectivity index (χ2v) is 6.85. The maximum atomic E-state index is 14.5. The summed E-state index contributed by atoms with van der Waals surface area (Å²) in [4.78, 5) is 11.1. The molecule has 0 fully saturated rings. The van der Waals surface area contributed by atoms with Gasteiger partial charge in [-0.2, -0.15) is 8.78 Å². The highest BCUT2D eigenvalue weighted by Crippen LogP contribution is 2.59. The normalized spacial score (nSPS) is 13.3. The van der Waals surface area contributed by atoms with Gasteiger partial charge in [0.2, 0.25) is 8.38 Å². The maximum Gasteiger partial charge on any atom is 0.345 e. The molecule has 1 heterocycles. The van der Waals surface area contributed by atoms with Crippen molar-refractivity contribution < 1.29 is 27.6 Å². The van der Waals surface area contributed by atoms with Gasteiger partial charge in [-0.1, -0.05) is 12.9 Å². The molecule has 2 aromatic rings. The SMILES string of the molecule is C[B]OP(OCC)C(F)(F)c1ccc2sc(C(=O)O)cc2c1. The van der Waals surface area contributed by atoms with Crippen LogP contribution in [-0.2, 0) is 14.6 Å². The Kier molecular flexibility index (Phi) is 5.50. The fraction of sp³-hybridized carbons (Fsp3) is 0.308. The van der Waals surface area contributed by atoms with Gasteiger partial charge in [0.15, 0.2) is 0 Å². The molecule has 0 aliphatic carbocycles. The van der Waals surface area contributed by atoms with Gasteiger partial charge in [0.1, 0.15) is 4.88 Å². The molecule has 22 heavy (non-hydrogen) atoms. The number of benzene rings is 1. The number of fused-ring (bicyclic) bond motifs is 1. The van der Waals surface area contributed by atoms with Crippen LogP contribution in [0.2, 0.25) is 6.82 Å². The van der Waals surface area contributed by atoms with Crippen molar-refractivity contribution >= 4 is 43.3 Å². The number of hydrogen-bond donors (Lipinski definition) is 1. The number of alkyl halides is 2. The Morgan fingerprint density at radius 1 is 1.45 bits per heavy atom. The Bertz CT molecular complexity index is 673. The summed E-state index contributed by atoms with van der Waals surface area (Å²) in [5.74, 6) is -1.07. The van der Waals surface area contributed by atoms with E-state index in [1.165, 1.54) is 38.6 Å². The average molecular weight is 345 g/mol. The average Bonchev–Trinajstić information content (AvgIpc) is 2.90. The number of thiophene rings is 1. The molecule has 0 bridgehead atoms. The molecule has 1 N–H and O–H groups in total. The van der Waals surface area contributed by atoms with Gasteiger partial charge in [-0.25, -0.2) is 4.79 Å². The molecule has 1 unspecified atom stereocenters. The predicted molar refractivity (Wildman–Crippen MR) is 83.9 cm³/mol. The Labute approximate surface area is 132 Å². The van der Waals surface area contributed by atoms with Crippen LogP contribution in [0.5, 0.6) is 0 Å². The molecule has 2 rings (SSSR count). The van der Waals surface area contributed by atoms with Crippen LogP contribution in [0.15, 0.2) is 24.3 Å². The smallest absolute Gasteiger partial charge is 0.345 e. The molecule has 1 aromatic carbocycles. The van der Waals surface area contributed by atoms with Crippen LogP contribution in [0.1, 0.15) is 22.2 Å². The minimum atomic E-state index is -3.29.